The van der Waals surface area contributed by atoms with E-state index in [9.17, 15) is 14.4 Å². The van der Waals surface area contributed by atoms with Gasteiger partial charge in [-0.05, 0) is 24.5 Å². The number of anilines is 1. The summed E-state index contributed by atoms with van der Waals surface area (Å²) in [5.41, 5.74) is 1.02. The van der Waals surface area contributed by atoms with Crippen LogP contribution < -0.4 is 10.5 Å². The van der Waals surface area contributed by atoms with E-state index in [4.69, 9.17) is 0 Å². The van der Waals surface area contributed by atoms with Gasteiger partial charge >= 0.3 is 0 Å². The van der Waals surface area contributed by atoms with Crippen molar-refractivity contribution in [3.63, 3.8) is 0 Å². The van der Waals surface area contributed by atoms with E-state index in [2.05, 4.69) is 9.97 Å². The monoisotopic (exact) mass is 338 g/mol. The molecule has 0 saturated carbocycles. The number of nitrogens with one attached hydrogen (secondary N) is 1. The van der Waals surface area contributed by atoms with Crippen molar-refractivity contribution in [2.75, 3.05) is 25.0 Å². The standard InChI is InChI=1S/C18H18N4O3/c1-21-14-6-3-2-5-12(14)18(17(21)25)7-4-8-22(11-18)16(24)13-9-20-15(23)10-19-13/h2-3,5-6,9-10H,4,7-8,11H2,1H3,(H,20,23)/t18-/m0/s1. The van der Waals surface area contributed by atoms with Crippen molar-refractivity contribution >= 4 is 17.5 Å². The fourth-order valence-electron chi connectivity index (χ4n) is 3.96. The summed E-state index contributed by atoms with van der Waals surface area (Å²) in [5, 5.41) is 0. The third-order valence-corrected chi connectivity index (χ3v) is 5.17. The van der Waals surface area contributed by atoms with E-state index in [-0.39, 0.29) is 23.1 Å². The van der Waals surface area contributed by atoms with Gasteiger partial charge in [0.25, 0.3) is 11.5 Å². The molecule has 2 aromatic rings. The molecule has 128 valence electrons. The highest BCUT2D eigenvalue weighted by Gasteiger charge is 2.52. The Hall–Kier alpha value is -2.96. The van der Waals surface area contributed by atoms with E-state index in [1.54, 1.807) is 16.8 Å². The first kappa shape index (κ1) is 15.6. The number of benzene rings is 1. The summed E-state index contributed by atoms with van der Waals surface area (Å²) < 4.78 is 0. The molecule has 1 fully saturated rings. The number of hydrogen-bond acceptors (Lipinski definition) is 4. The molecule has 0 radical (unpaired) electrons. The summed E-state index contributed by atoms with van der Waals surface area (Å²) in [6, 6.07) is 7.75. The molecule has 0 aliphatic carbocycles. The second-order valence-corrected chi connectivity index (χ2v) is 6.59. The highest BCUT2D eigenvalue weighted by molar-refractivity contribution is 6.08. The van der Waals surface area contributed by atoms with Gasteiger partial charge in [-0.2, -0.15) is 0 Å². The van der Waals surface area contributed by atoms with E-state index < -0.39 is 5.41 Å². The Labute approximate surface area is 144 Å². The smallest absolute Gasteiger partial charge is 0.274 e. The molecule has 0 unspecified atom stereocenters. The molecule has 3 heterocycles. The highest BCUT2D eigenvalue weighted by Crippen LogP contribution is 2.46. The van der Waals surface area contributed by atoms with Crippen molar-refractivity contribution in [2.45, 2.75) is 18.3 Å². The van der Waals surface area contributed by atoms with Gasteiger partial charge in [-0.1, -0.05) is 18.2 Å². The number of carbonyl (C=O) groups is 2. The first-order valence-electron chi connectivity index (χ1n) is 8.25. The first-order chi connectivity index (χ1) is 12.0. The number of hydrogen-bond donors (Lipinski definition) is 1. The molecular weight excluding hydrogens is 320 g/mol. The molecule has 1 aromatic carbocycles. The molecule has 2 aliphatic heterocycles. The summed E-state index contributed by atoms with van der Waals surface area (Å²) in [6.45, 7) is 0.896. The number of likely N-dealkylation sites (N-methyl/N-ethyl adjacent to an activating group) is 1. The molecule has 1 saturated heterocycles. The maximum Gasteiger partial charge on any atom is 0.274 e. The molecule has 4 rings (SSSR count). The van der Waals surface area contributed by atoms with E-state index in [0.717, 1.165) is 30.3 Å². The van der Waals surface area contributed by atoms with Crippen LogP contribution in [0.15, 0.2) is 41.5 Å². The second kappa shape index (κ2) is 5.54. The van der Waals surface area contributed by atoms with Crippen molar-refractivity contribution in [3.05, 3.63) is 58.3 Å². The van der Waals surface area contributed by atoms with Gasteiger partial charge in [-0.25, -0.2) is 4.98 Å². The lowest BCUT2D eigenvalue weighted by Gasteiger charge is -2.39. The molecule has 7 nitrogen and oxygen atoms in total. The van der Waals surface area contributed by atoms with Crippen LogP contribution in [0, 0.1) is 0 Å². The zero-order valence-electron chi connectivity index (χ0n) is 13.9. The molecular formula is C18H18N4O3. The Morgan fingerprint density at radius 1 is 1.28 bits per heavy atom. The van der Waals surface area contributed by atoms with Gasteiger partial charge < -0.3 is 14.8 Å². The number of carbonyl (C=O) groups excluding carboxylic acids is 2. The Morgan fingerprint density at radius 2 is 2.08 bits per heavy atom. The number of H-pyrrole nitrogens is 1. The van der Waals surface area contributed by atoms with E-state index in [0.29, 0.717) is 13.1 Å². The van der Waals surface area contributed by atoms with Gasteiger partial charge in [0, 0.05) is 32.0 Å². The summed E-state index contributed by atoms with van der Waals surface area (Å²) in [6.07, 6.45) is 3.87. The van der Waals surface area contributed by atoms with Gasteiger partial charge in [-0.15, -0.1) is 0 Å². The lowest BCUT2D eigenvalue weighted by Crippen LogP contribution is -2.53. The Bertz CT molecular complexity index is 902. The largest absolute Gasteiger partial charge is 0.336 e. The molecule has 1 aromatic heterocycles. The Kier molecular flexibility index (Phi) is 3.45. The molecule has 2 amide bonds. The van der Waals surface area contributed by atoms with Crippen molar-refractivity contribution < 1.29 is 9.59 Å². The molecule has 1 atom stereocenters. The Morgan fingerprint density at radius 3 is 2.84 bits per heavy atom. The topological polar surface area (TPSA) is 86.4 Å². The van der Waals surface area contributed by atoms with Crippen molar-refractivity contribution in [1.82, 2.24) is 14.9 Å². The van der Waals surface area contributed by atoms with E-state index in [1.165, 1.54) is 6.20 Å². The summed E-state index contributed by atoms with van der Waals surface area (Å²) in [4.78, 5) is 46.7. The maximum absolute atomic E-state index is 13.0. The summed E-state index contributed by atoms with van der Waals surface area (Å²) in [5.74, 6) is -0.240. The third-order valence-electron chi connectivity index (χ3n) is 5.17. The lowest BCUT2D eigenvalue weighted by molar-refractivity contribution is -0.124. The van der Waals surface area contributed by atoms with Crippen molar-refractivity contribution in [3.8, 4) is 0 Å². The summed E-state index contributed by atoms with van der Waals surface area (Å²) in [7, 11) is 1.78. The molecule has 2 aliphatic rings. The summed E-state index contributed by atoms with van der Waals surface area (Å²) >= 11 is 0. The number of amides is 2. The lowest BCUT2D eigenvalue weighted by atomic mass is 9.75. The average molecular weight is 338 g/mol. The third kappa shape index (κ3) is 2.26. The number of nitrogens with zero attached hydrogens (tertiary/aromatic N) is 3. The minimum atomic E-state index is -0.693. The van der Waals surface area contributed by atoms with Crippen molar-refractivity contribution in [1.29, 1.82) is 0 Å². The number of aromatic nitrogens is 2. The highest BCUT2D eigenvalue weighted by atomic mass is 16.2. The van der Waals surface area contributed by atoms with Crippen LogP contribution in [0.1, 0.15) is 28.9 Å². The van der Waals surface area contributed by atoms with Crippen LogP contribution in [0.2, 0.25) is 0 Å². The van der Waals surface area contributed by atoms with Gasteiger partial charge in [0.15, 0.2) is 0 Å². The van der Waals surface area contributed by atoms with Crippen LogP contribution in [-0.4, -0.2) is 46.8 Å². The fraction of sp³-hybridized carbons (Fsp3) is 0.333. The molecule has 1 spiro atoms. The van der Waals surface area contributed by atoms with Gasteiger partial charge in [-0.3, -0.25) is 14.4 Å². The van der Waals surface area contributed by atoms with Gasteiger partial charge in [0.2, 0.25) is 5.91 Å². The minimum absolute atomic E-state index is 0.0284. The van der Waals surface area contributed by atoms with Crippen LogP contribution in [-0.2, 0) is 10.2 Å². The predicted molar refractivity (Wildman–Crippen MR) is 91.5 cm³/mol. The number of rotatable bonds is 1. The van der Waals surface area contributed by atoms with Crippen LogP contribution in [0.4, 0.5) is 5.69 Å². The predicted octanol–water partition coefficient (Wildman–Crippen LogP) is 0.920. The SMILES string of the molecule is CN1C(=O)[C@]2(CCCN(C(=O)c3c[nH]c(=O)cn3)C2)c2ccccc21. The first-order valence-corrected chi connectivity index (χ1v) is 8.25. The quantitative estimate of drug-likeness (QED) is 0.838. The zero-order chi connectivity index (χ0) is 17.6. The van der Waals surface area contributed by atoms with E-state index >= 15 is 0 Å². The van der Waals surface area contributed by atoms with Crippen molar-refractivity contribution in [2.24, 2.45) is 0 Å². The van der Waals surface area contributed by atoms with Crippen LogP contribution in [0.25, 0.3) is 0 Å². The number of piperidine rings is 1. The number of fused-ring (bicyclic) bond motifs is 2. The van der Waals surface area contributed by atoms with Crippen LogP contribution in [0.5, 0.6) is 0 Å². The minimum Gasteiger partial charge on any atom is -0.336 e. The number of para-hydroxylation sites is 1. The average Bonchev–Trinajstić information content (AvgIpc) is 2.85. The van der Waals surface area contributed by atoms with Gasteiger partial charge in [0.1, 0.15) is 5.69 Å². The molecule has 0 bridgehead atoms. The molecule has 7 heteroatoms. The number of aromatic amines is 1. The fourth-order valence-corrected chi connectivity index (χ4v) is 3.96. The van der Waals surface area contributed by atoms with Crippen LogP contribution in [0.3, 0.4) is 0 Å². The molecule has 1 N–H and O–H groups in total. The maximum atomic E-state index is 13.0. The van der Waals surface area contributed by atoms with E-state index in [1.807, 2.05) is 24.3 Å². The molecule has 25 heavy (non-hydrogen) atoms. The number of likely N-dealkylation sites (tertiary alicyclic amines) is 1. The van der Waals surface area contributed by atoms with Gasteiger partial charge in [0.05, 0.1) is 11.6 Å². The Balaban J connectivity index is 1.69. The normalized spacial score (nSPS) is 22.4. The van der Waals surface area contributed by atoms with Crippen LogP contribution >= 0.6 is 0 Å². The second-order valence-electron chi connectivity index (χ2n) is 6.59. The zero-order valence-corrected chi connectivity index (χ0v) is 13.9.